The van der Waals surface area contributed by atoms with E-state index in [-0.39, 0.29) is 23.7 Å². The number of anilines is 2. The first-order valence-corrected chi connectivity index (χ1v) is 9.30. The van der Waals surface area contributed by atoms with E-state index in [1.165, 1.54) is 11.8 Å². The van der Waals surface area contributed by atoms with Crippen LogP contribution in [0.2, 0.25) is 0 Å². The molecule has 3 heterocycles. The van der Waals surface area contributed by atoms with Crippen molar-refractivity contribution in [3.63, 3.8) is 0 Å². The zero-order valence-electron chi connectivity index (χ0n) is 14.7. The fourth-order valence-corrected chi connectivity index (χ4v) is 3.58. The Morgan fingerprint density at radius 3 is 3.00 bits per heavy atom. The molecule has 0 aromatic carbocycles. The average molecular weight is 375 g/mol. The molecule has 10 heteroatoms. The Hall–Kier alpha value is -2.51. The molecule has 2 aromatic rings. The molecule has 1 amide bonds. The van der Waals surface area contributed by atoms with Gasteiger partial charge in [0.1, 0.15) is 11.9 Å². The fourth-order valence-electron chi connectivity index (χ4n) is 2.97. The lowest BCUT2D eigenvalue weighted by molar-refractivity contribution is -0.113. The van der Waals surface area contributed by atoms with E-state index in [2.05, 4.69) is 26.6 Å². The highest BCUT2D eigenvalue weighted by Crippen LogP contribution is 2.28. The van der Waals surface area contributed by atoms with Crippen molar-refractivity contribution in [3.05, 3.63) is 16.8 Å². The number of nitrogen functional groups attached to an aromatic ring is 1. The number of aromatic nitrogens is 4. The van der Waals surface area contributed by atoms with E-state index in [9.17, 15) is 10.1 Å². The highest BCUT2D eigenvalue weighted by molar-refractivity contribution is 7.99. The molecular formula is C16H21N7O2S. The van der Waals surface area contributed by atoms with Gasteiger partial charge >= 0.3 is 0 Å². The fraction of sp³-hybridized carbons (Fsp3) is 0.500. The van der Waals surface area contributed by atoms with Crippen molar-refractivity contribution in [2.45, 2.75) is 44.5 Å². The van der Waals surface area contributed by atoms with Crippen molar-refractivity contribution in [1.82, 2.24) is 19.7 Å². The second kappa shape index (κ2) is 7.80. The number of nitrogens with one attached hydrogen (secondary N) is 2. The Labute approximate surface area is 155 Å². The van der Waals surface area contributed by atoms with Crippen LogP contribution in [0.5, 0.6) is 0 Å². The van der Waals surface area contributed by atoms with Crippen LogP contribution < -0.4 is 11.1 Å². The van der Waals surface area contributed by atoms with E-state index in [0.717, 1.165) is 30.7 Å². The summed E-state index contributed by atoms with van der Waals surface area (Å²) in [5, 5.41) is 19.2. The van der Waals surface area contributed by atoms with Crippen LogP contribution >= 0.6 is 11.8 Å². The van der Waals surface area contributed by atoms with Crippen molar-refractivity contribution in [1.29, 1.82) is 5.26 Å². The molecular weight excluding hydrogens is 354 g/mol. The predicted molar refractivity (Wildman–Crippen MR) is 97.7 cm³/mol. The highest BCUT2D eigenvalue weighted by Gasteiger charge is 2.24. The standard InChI is InChI=1S/C16H21N7O2S/c1-9-10(2)23(7-11-4-3-5-25-11)14(12(9)6-17)19-13(24)8-26-16-20-15(18)21-22-16/h11H,3-5,7-8H2,1-2H3,(H,19,24)(H3,18,20,21,22). The number of ether oxygens (including phenoxy) is 1. The Kier molecular flexibility index (Phi) is 5.49. The summed E-state index contributed by atoms with van der Waals surface area (Å²) in [7, 11) is 0. The maximum absolute atomic E-state index is 12.4. The van der Waals surface area contributed by atoms with Gasteiger partial charge in [-0.1, -0.05) is 11.8 Å². The van der Waals surface area contributed by atoms with Crippen molar-refractivity contribution in [2.24, 2.45) is 0 Å². The van der Waals surface area contributed by atoms with Crippen LogP contribution in [0.3, 0.4) is 0 Å². The molecule has 1 aliphatic rings. The second-order valence-corrected chi connectivity index (χ2v) is 7.07. The molecule has 3 rings (SSSR count). The third kappa shape index (κ3) is 3.84. The number of H-pyrrole nitrogens is 1. The lowest BCUT2D eigenvalue weighted by Crippen LogP contribution is -2.22. The Balaban J connectivity index is 1.75. The van der Waals surface area contributed by atoms with Gasteiger partial charge in [0.2, 0.25) is 17.0 Å². The molecule has 26 heavy (non-hydrogen) atoms. The molecule has 9 nitrogen and oxygen atoms in total. The second-order valence-electron chi connectivity index (χ2n) is 6.13. The molecule has 1 fully saturated rings. The van der Waals surface area contributed by atoms with Crippen molar-refractivity contribution in [3.8, 4) is 6.07 Å². The first-order chi connectivity index (χ1) is 12.5. The zero-order chi connectivity index (χ0) is 18.7. The normalized spacial score (nSPS) is 16.6. The van der Waals surface area contributed by atoms with Gasteiger partial charge in [0.15, 0.2) is 0 Å². The molecule has 1 unspecified atom stereocenters. The van der Waals surface area contributed by atoms with Crippen LogP contribution in [0.4, 0.5) is 11.8 Å². The maximum Gasteiger partial charge on any atom is 0.235 e. The first kappa shape index (κ1) is 18.3. The number of aromatic amines is 1. The van der Waals surface area contributed by atoms with Gasteiger partial charge in [0.25, 0.3) is 0 Å². The number of amides is 1. The van der Waals surface area contributed by atoms with Crippen LogP contribution in [-0.2, 0) is 16.1 Å². The first-order valence-electron chi connectivity index (χ1n) is 8.31. The number of nitrogens with two attached hydrogens (primary N) is 1. The van der Waals surface area contributed by atoms with E-state index in [4.69, 9.17) is 10.5 Å². The molecule has 0 aliphatic carbocycles. The summed E-state index contributed by atoms with van der Waals surface area (Å²) in [4.78, 5) is 16.3. The van der Waals surface area contributed by atoms with E-state index in [0.29, 0.717) is 23.1 Å². The third-order valence-electron chi connectivity index (χ3n) is 4.42. The number of carbonyl (C=O) groups is 1. The number of rotatable bonds is 6. The molecule has 0 bridgehead atoms. The van der Waals surface area contributed by atoms with Crippen molar-refractivity contribution >= 4 is 29.4 Å². The number of hydrogen-bond donors (Lipinski definition) is 3. The molecule has 4 N–H and O–H groups in total. The van der Waals surface area contributed by atoms with Gasteiger partial charge in [-0.2, -0.15) is 10.2 Å². The van der Waals surface area contributed by atoms with Gasteiger partial charge in [-0.15, -0.1) is 5.10 Å². The number of hydrogen-bond acceptors (Lipinski definition) is 7. The summed E-state index contributed by atoms with van der Waals surface area (Å²) < 4.78 is 7.68. The van der Waals surface area contributed by atoms with Gasteiger partial charge in [-0.3, -0.25) is 4.79 Å². The molecule has 138 valence electrons. The topological polar surface area (TPSA) is 135 Å². The molecule has 0 radical (unpaired) electrons. The minimum atomic E-state index is -0.235. The largest absolute Gasteiger partial charge is 0.376 e. The molecule has 0 saturated carbocycles. The lowest BCUT2D eigenvalue weighted by Gasteiger charge is -2.16. The lowest BCUT2D eigenvalue weighted by atomic mass is 10.2. The van der Waals surface area contributed by atoms with Crippen LogP contribution in [0.1, 0.15) is 29.7 Å². The monoisotopic (exact) mass is 375 g/mol. The average Bonchev–Trinajstić information content (AvgIpc) is 3.32. The van der Waals surface area contributed by atoms with E-state index in [1.54, 1.807) is 0 Å². The maximum atomic E-state index is 12.4. The van der Waals surface area contributed by atoms with Crippen LogP contribution in [0, 0.1) is 25.2 Å². The Morgan fingerprint density at radius 1 is 1.58 bits per heavy atom. The minimum Gasteiger partial charge on any atom is -0.376 e. The van der Waals surface area contributed by atoms with Crippen molar-refractivity contribution < 1.29 is 9.53 Å². The summed E-state index contributed by atoms with van der Waals surface area (Å²) in [5.74, 6) is 0.612. The molecule has 0 spiro atoms. The zero-order valence-corrected chi connectivity index (χ0v) is 15.5. The molecule has 1 saturated heterocycles. The van der Waals surface area contributed by atoms with Crippen LogP contribution in [-0.4, -0.2) is 44.1 Å². The van der Waals surface area contributed by atoms with Gasteiger partial charge in [0, 0.05) is 12.3 Å². The number of nitrogens with zero attached hydrogens (tertiary/aromatic N) is 4. The SMILES string of the molecule is Cc1c(C#N)c(NC(=O)CSc2n[nH]c(N)n2)n(CC2CCCO2)c1C. The highest BCUT2D eigenvalue weighted by atomic mass is 32.2. The van der Waals surface area contributed by atoms with Gasteiger partial charge in [-0.05, 0) is 32.3 Å². The molecule has 1 atom stereocenters. The number of nitriles is 1. The number of carbonyl (C=O) groups excluding carboxylic acids is 1. The van der Waals surface area contributed by atoms with Crippen LogP contribution in [0.25, 0.3) is 0 Å². The Morgan fingerprint density at radius 2 is 2.38 bits per heavy atom. The minimum absolute atomic E-state index is 0.105. The number of thioether (sulfide) groups is 1. The van der Waals surface area contributed by atoms with Gasteiger partial charge in [0.05, 0.1) is 24.0 Å². The summed E-state index contributed by atoms with van der Waals surface area (Å²) >= 11 is 1.17. The smallest absolute Gasteiger partial charge is 0.235 e. The summed E-state index contributed by atoms with van der Waals surface area (Å²) in [5.41, 5.74) is 7.79. The third-order valence-corrected chi connectivity index (χ3v) is 5.27. The van der Waals surface area contributed by atoms with Crippen molar-refractivity contribution in [2.75, 3.05) is 23.4 Å². The summed E-state index contributed by atoms with van der Waals surface area (Å²) in [6.07, 6.45) is 2.12. The quantitative estimate of drug-likeness (QED) is 0.652. The van der Waals surface area contributed by atoms with E-state index in [1.807, 2.05) is 18.4 Å². The molecule has 1 aliphatic heterocycles. The Bertz CT molecular complexity index is 846. The van der Waals surface area contributed by atoms with Gasteiger partial charge < -0.3 is 20.4 Å². The van der Waals surface area contributed by atoms with E-state index < -0.39 is 0 Å². The van der Waals surface area contributed by atoms with E-state index >= 15 is 0 Å². The summed E-state index contributed by atoms with van der Waals surface area (Å²) in [6, 6.07) is 2.20. The van der Waals surface area contributed by atoms with Crippen LogP contribution in [0.15, 0.2) is 5.16 Å². The molecule has 2 aromatic heterocycles. The predicted octanol–water partition coefficient (Wildman–Crippen LogP) is 1.59. The van der Waals surface area contributed by atoms with Gasteiger partial charge in [-0.25, -0.2) is 5.10 Å². The summed E-state index contributed by atoms with van der Waals surface area (Å²) in [6.45, 7) is 5.22.